The molecule has 4 heterocycles. The Morgan fingerprint density at radius 1 is 1.35 bits per heavy atom. The summed E-state index contributed by atoms with van der Waals surface area (Å²) in [5.41, 5.74) is 8.76. The van der Waals surface area contributed by atoms with Gasteiger partial charge in [0.1, 0.15) is 28.7 Å². The molecule has 1 unspecified atom stereocenters. The van der Waals surface area contributed by atoms with Gasteiger partial charge in [-0.05, 0) is 36.4 Å². The SMILES string of the molecule is COc1cc(C)cc2cc(-c3c(Cl)n(C4CCN(C(=O)O)C4)c4ncnc(N)c34)sc12. The highest BCUT2D eigenvalue weighted by Crippen LogP contribution is 2.47. The van der Waals surface area contributed by atoms with E-state index < -0.39 is 6.09 Å². The Kier molecular flexibility index (Phi) is 4.67. The summed E-state index contributed by atoms with van der Waals surface area (Å²) in [7, 11) is 1.66. The van der Waals surface area contributed by atoms with E-state index in [1.807, 2.05) is 17.6 Å². The lowest BCUT2D eigenvalue weighted by Crippen LogP contribution is -2.27. The minimum Gasteiger partial charge on any atom is -0.495 e. The number of nitrogens with zero attached hydrogens (tertiary/aromatic N) is 4. The minimum absolute atomic E-state index is 0.125. The Labute approximate surface area is 186 Å². The van der Waals surface area contributed by atoms with Crippen LogP contribution < -0.4 is 10.5 Å². The summed E-state index contributed by atoms with van der Waals surface area (Å²) in [5.74, 6) is 1.15. The van der Waals surface area contributed by atoms with Gasteiger partial charge >= 0.3 is 6.09 Å². The molecule has 0 saturated carbocycles. The first-order valence-corrected chi connectivity index (χ1v) is 10.9. The monoisotopic (exact) mass is 457 g/mol. The first kappa shape index (κ1) is 19.9. The second-order valence-corrected chi connectivity index (χ2v) is 9.07. The largest absolute Gasteiger partial charge is 0.495 e. The fourth-order valence-electron chi connectivity index (χ4n) is 4.35. The smallest absolute Gasteiger partial charge is 0.407 e. The molecule has 0 bridgehead atoms. The van der Waals surface area contributed by atoms with Crippen molar-refractivity contribution >= 4 is 56.0 Å². The fourth-order valence-corrected chi connectivity index (χ4v) is 6.01. The standard InChI is InChI=1S/C21H20ClN5O3S/c1-10-5-11-7-14(31-17(11)13(6-10)30-2)15-16-19(23)24-9-25-20(16)27(18(15)22)12-3-4-26(8-12)21(28)29/h5-7,9,12H,3-4,8H2,1-2H3,(H,28,29)(H2,23,24,25). The van der Waals surface area contributed by atoms with Crippen molar-refractivity contribution < 1.29 is 14.6 Å². The molecule has 1 amide bonds. The number of thiophene rings is 1. The topological polar surface area (TPSA) is 106 Å². The zero-order chi connectivity index (χ0) is 21.9. The number of anilines is 1. The van der Waals surface area contributed by atoms with Gasteiger partial charge in [-0.3, -0.25) is 0 Å². The van der Waals surface area contributed by atoms with E-state index in [2.05, 4.69) is 22.1 Å². The summed E-state index contributed by atoms with van der Waals surface area (Å²) in [6.07, 6.45) is 1.13. The third-order valence-electron chi connectivity index (χ3n) is 5.74. The van der Waals surface area contributed by atoms with Crippen molar-refractivity contribution in [3.8, 4) is 16.2 Å². The van der Waals surface area contributed by atoms with Gasteiger partial charge in [0.25, 0.3) is 0 Å². The van der Waals surface area contributed by atoms with E-state index >= 15 is 0 Å². The molecule has 5 rings (SSSR count). The van der Waals surface area contributed by atoms with Gasteiger partial charge in [-0.1, -0.05) is 17.7 Å². The number of ether oxygens (including phenoxy) is 1. The molecule has 1 saturated heterocycles. The lowest BCUT2D eigenvalue weighted by molar-refractivity contribution is 0.154. The number of hydrogen-bond acceptors (Lipinski definition) is 6. The van der Waals surface area contributed by atoms with Crippen LogP contribution in [0.3, 0.4) is 0 Å². The zero-order valence-corrected chi connectivity index (χ0v) is 18.5. The van der Waals surface area contributed by atoms with Gasteiger partial charge in [0.05, 0.1) is 23.2 Å². The second-order valence-electron chi connectivity index (χ2n) is 7.66. The lowest BCUT2D eigenvalue weighted by Gasteiger charge is -2.15. The molecule has 8 nitrogen and oxygen atoms in total. The first-order valence-electron chi connectivity index (χ1n) is 9.75. The van der Waals surface area contributed by atoms with Crippen molar-refractivity contribution in [1.29, 1.82) is 0 Å². The number of hydrogen-bond donors (Lipinski definition) is 2. The Hall–Kier alpha value is -3.04. The van der Waals surface area contributed by atoms with Crippen LogP contribution in [-0.2, 0) is 0 Å². The van der Waals surface area contributed by atoms with Crippen molar-refractivity contribution in [3.63, 3.8) is 0 Å². The maximum Gasteiger partial charge on any atom is 0.407 e. The normalized spacial score (nSPS) is 16.5. The van der Waals surface area contributed by atoms with Gasteiger partial charge in [-0.25, -0.2) is 14.8 Å². The van der Waals surface area contributed by atoms with Crippen LogP contribution in [-0.4, -0.2) is 50.8 Å². The quantitative estimate of drug-likeness (QED) is 0.458. The average molecular weight is 458 g/mol. The van der Waals surface area contributed by atoms with E-state index in [9.17, 15) is 9.90 Å². The Bertz CT molecular complexity index is 1350. The molecule has 1 aromatic carbocycles. The predicted molar refractivity (Wildman–Crippen MR) is 122 cm³/mol. The van der Waals surface area contributed by atoms with Gasteiger partial charge in [0.2, 0.25) is 0 Å². The van der Waals surface area contributed by atoms with Crippen molar-refractivity contribution in [3.05, 3.63) is 35.2 Å². The highest BCUT2D eigenvalue weighted by molar-refractivity contribution is 7.22. The number of fused-ring (bicyclic) bond motifs is 2. The number of benzene rings is 1. The van der Waals surface area contributed by atoms with Crippen molar-refractivity contribution in [2.45, 2.75) is 19.4 Å². The predicted octanol–water partition coefficient (Wildman–Crippen LogP) is 4.79. The van der Waals surface area contributed by atoms with Crippen molar-refractivity contribution in [1.82, 2.24) is 19.4 Å². The van der Waals surface area contributed by atoms with Crippen LogP contribution in [0, 0.1) is 6.92 Å². The van der Waals surface area contributed by atoms with E-state index in [0.29, 0.717) is 41.5 Å². The number of aromatic nitrogens is 3. The Balaban J connectivity index is 1.74. The third-order valence-corrected chi connectivity index (χ3v) is 7.30. The van der Waals surface area contributed by atoms with E-state index in [1.165, 1.54) is 11.2 Å². The van der Waals surface area contributed by atoms with E-state index in [4.69, 9.17) is 22.1 Å². The fraction of sp³-hybridized carbons (Fsp3) is 0.286. The van der Waals surface area contributed by atoms with E-state index in [0.717, 1.165) is 31.8 Å². The molecule has 0 aliphatic carbocycles. The number of carbonyl (C=O) groups is 1. The molecule has 0 spiro atoms. The molecular weight excluding hydrogens is 438 g/mol. The molecule has 0 radical (unpaired) electrons. The maximum atomic E-state index is 11.4. The number of carboxylic acid groups (broad SMARTS) is 1. The third kappa shape index (κ3) is 3.07. The van der Waals surface area contributed by atoms with Gasteiger partial charge in [-0.2, -0.15) is 0 Å². The number of methoxy groups -OCH3 is 1. The molecule has 1 aliphatic rings. The summed E-state index contributed by atoms with van der Waals surface area (Å²) in [4.78, 5) is 22.4. The van der Waals surface area contributed by atoms with Crippen LogP contribution >= 0.6 is 22.9 Å². The first-order chi connectivity index (χ1) is 14.9. The second kappa shape index (κ2) is 7.28. The van der Waals surface area contributed by atoms with Crippen LogP contribution in [0.15, 0.2) is 24.5 Å². The molecule has 1 fully saturated rings. The number of nitrogens with two attached hydrogens (primary N) is 1. The number of rotatable bonds is 3. The van der Waals surface area contributed by atoms with E-state index in [-0.39, 0.29) is 6.04 Å². The van der Waals surface area contributed by atoms with Crippen LogP contribution in [0.25, 0.3) is 31.6 Å². The zero-order valence-electron chi connectivity index (χ0n) is 16.9. The molecule has 1 aliphatic heterocycles. The van der Waals surface area contributed by atoms with Gasteiger partial charge in [0, 0.05) is 23.5 Å². The van der Waals surface area contributed by atoms with Gasteiger partial charge < -0.3 is 25.0 Å². The summed E-state index contributed by atoms with van der Waals surface area (Å²) in [6.45, 7) is 2.82. The molecule has 31 heavy (non-hydrogen) atoms. The van der Waals surface area contributed by atoms with Gasteiger partial charge in [0.15, 0.2) is 0 Å². The molecule has 4 aromatic rings. The lowest BCUT2D eigenvalue weighted by atomic mass is 10.1. The van der Waals surface area contributed by atoms with Crippen LogP contribution in [0.5, 0.6) is 5.75 Å². The van der Waals surface area contributed by atoms with Crippen LogP contribution in [0.2, 0.25) is 5.15 Å². The molecule has 1 atom stereocenters. The average Bonchev–Trinajstić information content (AvgIpc) is 3.42. The summed E-state index contributed by atoms with van der Waals surface area (Å²) in [6, 6.07) is 6.06. The molecule has 3 aromatic heterocycles. The summed E-state index contributed by atoms with van der Waals surface area (Å²) in [5, 5.41) is 11.6. The molecule has 10 heteroatoms. The van der Waals surface area contributed by atoms with Crippen LogP contribution in [0.4, 0.5) is 10.6 Å². The minimum atomic E-state index is -0.934. The highest BCUT2D eigenvalue weighted by atomic mass is 35.5. The number of likely N-dealkylation sites (tertiary alicyclic amines) is 1. The molecule has 160 valence electrons. The number of aryl methyl sites for hydroxylation is 1. The maximum absolute atomic E-state index is 11.4. The molecule has 3 N–H and O–H groups in total. The van der Waals surface area contributed by atoms with Crippen molar-refractivity contribution in [2.24, 2.45) is 0 Å². The number of nitrogen functional groups attached to an aromatic ring is 1. The van der Waals surface area contributed by atoms with Crippen LogP contribution in [0.1, 0.15) is 18.0 Å². The highest BCUT2D eigenvalue weighted by Gasteiger charge is 2.32. The Morgan fingerprint density at radius 2 is 2.16 bits per heavy atom. The Morgan fingerprint density at radius 3 is 2.87 bits per heavy atom. The van der Waals surface area contributed by atoms with E-state index in [1.54, 1.807) is 18.4 Å². The van der Waals surface area contributed by atoms with Gasteiger partial charge in [-0.15, -0.1) is 11.3 Å². The number of amides is 1. The van der Waals surface area contributed by atoms with Crippen molar-refractivity contribution in [2.75, 3.05) is 25.9 Å². The molecular formula is C21H20ClN5O3S. The summed E-state index contributed by atoms with van der Waals surface area (Å²) < 4.78 is 8.51. The number of halogens is 1. The summed E-state index contributed by atoms with van der Waals surface area (Å²) >= 11 is 8.52.